The molecule has 0 saturated heterocycles. The van der Waals surface area contributed by atoms with Gasteiger partial charge >= 0.3 is 0 Å². The van der Waals surface area contributed by atoms with Crippen LogP contribution in [0.4, 0.5) is 0 Å². The molecule has 1 heterocycles. The molecule has 19 heavy (non-hydrogen) atoms. The zero-order chi connectivity index (χ0) is 13.7. The van der Waals surface area contributed by atoms with E-state index in [0.717, 1.165) is 24.5 Å². The molecule has 0 saturated carbocycles. The van der Waals surface area contributed by atoms with Crippen molar-refractivity contribution in [1.82, 2.24) is 14.9 Å². The summed E-state index contributed by atoms with van der Waals surface area (Å²) in [5.41, 5.74) is 2.45. The molecular formula is C15H21N3O. The number of aromatic nitrogens is 2. The van der Waals surface area contributed by atoms with Crippen molar-refractivity contribution < 1.29 is 4.74 Å². The second-order valence-electron chi connectivity index (χ2n) is 4.69. The third-order valence-electron chi connectivity index (χ3n) is 3.09. The smallest absolute Gasteiger partial charge is 0.123 e. The quantitative estimate of drug-likeness (QED) is 0.863. The van der Waals surface area contributed by atoms with Crippen LogP contribution >= 0.6 is 0 Å². The largest absolute Gasteiger partial charge is 0.493 e. The van der Waals surface area contributed by atoms with Gasteiger partial charge in [0.1, 0.15) is 11.6 Å². The first-order valence-electron chi connectivity index (χ1n) is 6.54. The van der Waals surface area contributed by atoms with Crippen molar-refractivity contribution in [2.75, 3.05) is 13.7 Å². The highest BCUT2D eigenvalue weighted by atomic mass is 16.5. The topological polar surface area (TPSA) is 39.1 Å². The van der Waals surface area contributed by atoms with E-state index in [1.54, 1.807) is 0 Å². The van der Waals surface area contributed by atoms with Crippen LogP contribution in [0.15, 0.2) is 30.6 Å². The monoisotopic (exact) mass is 259 g/mol. The second-order valence-corrected chi connectivity index (χ2v) is 4.69. The first-order valence-corrected chi connectivity index (χ1v) is 6.54. The van der Waals surface area contributed by atoms with Gasteiger partial charge in [-0.15, -0.1) is 0 Å². The molecule has 2 rings (SSSR count). The molecule has 4 heteroatoms. The van der Waals surface area contributed by atoms with Crippen LogP contribution < -0.4 is 10.1 Å². The summed E-state index contributed by atoms with van der Waals surface area (Å²) >= 11 is 0. The number of hydrogen-bond donors (Lipinski definition) is 1. The maximum atomic E-state index is 5.88. The van der Waals surface area contributed by atoms with E-state index in [1.807, 2.05) is 37.1 Å². The van der Waals surface area contributed by atoms with Gasteiger partial charge in [0.05, 0.1) is 6.61 Å². The number of imidazole rings is 1. The molecule has 0 radical (unpaired) electrons. The van der Waals surface area contributed by atoms with Gasteiger partial charge in [-0.2, -0.15) is 0 Å². The Balaban J connectivity index is 1.97. The summed E-state index contributed by atoms with van der Waals surface area (Å²) in [7, 11) is 3.95. The van der Waals surface area contributed by atoms with Gasteiger partial charge in [0.25, 0.3) is 0 Å². The number of aryl methyl sites for hydroxylation is 2. The molecule has 0 unspecified atom stereocenters. The van der Waals surface area contributed by atoms with Gasteiger partial charge in [0, 0.05) is 38.0 Å². The maximum Gasteiger partial charge on any atom is 0.123 e. The molecule has 0 atom stereocenters. The van der Waals surface area contributed by atoms with Crippen LogP contribution in [-0.4, -0.2) is 23.2 Å². The SMILES string of the molecule is CNCc1cc(C)ccc1OCCc1nccn1C. The molecule has 102 valence electrons. The Kier molecular flexibility index (Phi) is 4.58. The van der Waals surface area contributed by atoms with Crippen LogP contribution in [-0.2, 0) is 20.0 Å². The minimum atomic E-state index is 0.643. The van der Waals surface area contributed by atoms with E-state index in [1.165, 1.54) is 11.1 Å². The van der Waals surface area contributed by atoms with Crippen molar-refractivity contribution in [3.63, 3.8) is 0 Å². The summed E-state index contributed by atoms with van der Waals surface area (Å²) in [5.74, 6) is 2.00. The van der Waals surface area contributed by atoms with E-state index in [4.69, 9.17) is 4.74 Å². The van der Waals surface area contributed by atoms with E-state index in [9.17, 15) is 0 Å². The van der Waals surface area contributed by atoms with Gasteiger partial charge in [0.15, 0.2) is 0 Å². The number of nitrogens with one attached hydrogen (secondary N) is 1. The molecule has 1 aromatic carbocycles. The zero-order valence-electron chi connectivity index (χ0n) is 11.8. The normalized spacial score (nSPS) is 10.7. The van der Waals surface area contributed by atoms with E-state index in [-0.39, 0.29) is 0 Å². The first kappa shape index (κ1) is 13.6. The summed E-state index contributed by atoms with van der Waals surface area (Å²) in [6.07, 6.45) is 4.58. The zero-order valence-corrected chi connectivity index (χ0v) is 11.8. The van der Waals surface area contributed by atoms with Gasteiger partial charge in [-0.1, -0.05) is 17.7 Å². The summed E-state index contributed by atoms with van der Waals surface area (Å²) in [6.45, 7) is 3.56. The van der Waals surface area contributed by atoms with E-state index >= 15 is 0 Å². The lowest BCUT2D eigenvalue weighted by Gasteiger charge is -2.12. The number of ether oxygens (including phenoxy) is 1. The standard InChI is InChI=1S/C15H21N3O/c1-12-4-5-14(13(10-12)11-16-2)19-9-6-15-17-7-8-18(15)3/h4-5,7-8,10,16H,6,9,11H2,1-3H3. The minimum Gasteiger partial charge on any atom is -0.493 e. The van der Waals surface area contributed by atoms with Crippen molar-refractivity contribution in [2.24, 2.45) is 7.05 Å². The molecule has 0 bridgehead atoms. The van der Waals surface area contributed by atoms with Crippen LogP contribution in [0.25, 0.3) is 0 Å². The van der Waals surface area contributed by atoms with Crippen LogP contribution in [0.5, 0.6) is 5.75 Å². The van der Waals surface area contributed by atoms with E-state index in [2.05, 4.69) is 29.4 Å². The highest BCUT2D eigenvalue weighted by Crippen LogP contribution is 2.20. The lowest BCUT2D eigenvalue weighted by Crippen LogP contribution is -2.10. The van der Waals surface area contributed by atoms with Crippen molar-refractivity contribution in [2.45, 2.75) is 19.9 Å². The Bertz CT molecular complexity index is 534. The minimum absolute atomic E-state index is 0.643. The average Bonchev–Trinajstić information content (AvgIpc) is 2.78. The molecule has 0 aliphatic carbocycles. The molecule has 2 aromatic rings. The van der Waals surface area contributed by atoms with Gasteiger partial charge in [-0.25, -0.2) is 4.98 Å². The average molecular weight is 259 g/mol. The van der Waals surface area contributed by atoms with Crippen LogP contribution in [0.3, 0.4) is 0 Å². The first-order chi connectivity index (χ1) is 9.20. The van der Waals surface area contributed by atoms with Crippen LogP contribution in [0.1, 0.15) is 17.0 Å². The third kappa shape index (κ3) is 3.58. The molecule has 0 amide bonds. The van der Waals surface area contributed by atoms with Crippen LogP contribution in [0.2, 0.25) is 0 Å². The Morgan fingerprint density at radius 2 is 2.21 bits per heavy atom. The van der Waals surface area contributed by atoms with Gasteiger partial charge in [-0.3, -0.25) is 0 Å². The molecular weight excluding hydrogens is 238 g/mol. The van der Waals surface area contributed by atoms with Gasteiger partial charge < -0.3 is 14.6 Å². The van der Waals surface area contributed by atoms with Gasteiger partial charge in [0.2, 0.25) is 0 Å². The lowest BCUT2D eigenvalue weighted by atomic mass is 10.1. The van der Waals surface area contributed by atoms with Gasteiger partial charge in [-0.05, 0) is 20.0 Å². The maximum absolute atomic E-state index is 5.88. The fraction of sp³-hybridized carbons (Fsp3) is 0.400. The molecule has 1 aromatic heterocycles. The summed E-state index contributed by atoms with van der Waals surface area (Å²) in [5, 5.41) is 3.17. The Morgan fingerprint density at radius 3 is 2.89 bits per heavy atom. The lowest BCUT2D eigenvalue weighted by molar-refractivity contribution is 0.313. The molecule has 0 aliphatic heterocycles. The Hall–Kier alpha value is -1.81. The molecule has 0 aliphatic rings. The number of nitrogens with zero attached hydrogens (tertiary/aromatic N) is 2. The molecule has 4 nitrogen and oxygen atoms in total. The molecule has 1 N–H and O–H groups in total. The predicted octanol–water partition coefficient (Wildman–Crippen LogP) is 2.07. The highest BCUT2D eigenvalue weighted by molar-refractivity contribution is 5.36. The van der Waals surface area contributed by atoms with Crippen molar-refractivity contribution >= 4 is 0 Å². The highest BCUT2D eigenvalue weighted by Gasteiger charge is 2.05. The fourth-order valence-electron chi connectivity index (χ4n) is 2.07. The summed E-state index contributed by atoms with van der Waals surface area (Å²) < 4.78 is 7.90. The number of benzene rings is 1. The second kappa shape index (κ2) is 6.38. The summed E-state index contributed by atoms with van der Waals surface area (Å²) in [6, 6.07) is 6.28. The molecule has 0 spiro atoms. The number of rotatable bonds is 6. The Morgan fingerprint density at radius 1 is 1.37 bits per heavy atom. The van der Waals surface area contributed by atoms with Crippen molar-refractivity contribution in [3.8, 4) is 5.75 Å². The fourth-order valence-corrected chi connectivity index (χ4v) is 2.07. The Labute approximate surface area is 114 Å². The summed E-state index contributed by atoms with van der Waals surface area (Å²) in [4.78, 5) is 4.29. The molecule has 0 fully saturated rings. The van der Waals surface area contributed by atoms with E-state index < -0.39 is 0 Å². The van der Waals surface area contributed by atoms with Crippen LogP contribution in [0, 0.1) is 6.92 Å². The third-order valence-corrected chi connectivity index (χ3v) is 3.09. The van der Waals surface area contributed by atoms with E-state index in [0.29, 0.717) is 6.61 Å². The van der Waals surface area contributed by atoms with Crippen molar-refractivity contribution in [1.29, 1.82) is 0 Å². The van der Waals surface area contributed by atoms with Crippen molar-refractivity contribution in [3.05, 3.63) is 47.5 Å². The number of hydrogen-bond acceptors (Lipinski definition) is 3. The predicted molar refractivity (Wildman–Crippen MR) is 76.3 cm³/mol.